The van der Waals surface area contributed by atoms with Crippen molar-refractivity contribution in [2.24, 2.45) is 0 Å². The van der Waals surface area contributed by atoms with Gasteiger partial charge in [-0.1, -0.05) is 12.1 Å². The fourth-order valence-corrected chi connectivity index (χ4v) is 1.73. The lowest BCUT2D eigenvalue weighted by Gasteiger charge is -2.07. The minimum Gasteiger partial charge on any atom is -0.497 e. The molecule has 2 aromatic rings. The van der Waals surface area contributed by atoms with Crippen LogP contribution in [0, 0.1) is 0 Å². The molecule has 0 saturated carbocycles. The van der Waals surface area contributed by atoms with Crippen molar-refractivity contribution < 1.29 is 14.3 Å². The molecule has 1 aromatic heterocycles. The zero-order valence-corrected chi connectivity index (χ0v) is 11.2. The van der Waals surface area contributed by atoms with Crippen molar-refractivity contribution in [3.8, 4) is 5.75 Å². The molecule has 1 heterocycles. The number of nitrogens with zero attached hydrogens (tertiary/aromatic N) is 2. The number of esters is 1. The molecule has 0 saturated heterocycles. The third-order valence-corrected chi connectivity index (χ3v) is 2.81. The van der Waals surface area contributed by atoms with Gasteiger partial charge in [0.05, 0.1) is 20.8 Å². The Morgan fingerprint density at radius 3 is 2.50 bits per heavy atom. The van der Waals surface area contributed by atoms with Crippen molar-refractivity contribution in [1.82, 2.24) is 9.78 Å². The summed E-state index contributed by atoms with van der Waals surface area (Å²) in [5, 5.41) is 3.96. The molecule has 0 aliphatic carbocycles. The van der Waals surface area contributed by atoms with Crippen LogP contribution in [0.3, 0.4) is 0 Å². The molecule has 0 radical (unpaired) electrons. The van der Waals surface area contributed by atoms with Gasteiger partial charge in [-0.25, -0.2) is 9.48 Å². The molecular formula is C14H14N2O4. The second-order valence-electron chi connectivity index (χ2n) is 4.05. The molecule has 0 amide bonds. The van der Waals surface area contributed by atoms with E-state index in [2.05, 4.69) is 9.84 Å². The summed E-state index contributed by atoms with van der Waals surface area (Å²) < 4.78 is 10.8. The lowest BCUT2D eigenvalue weighted by Crippen LogP contribution is -2.29. The van der Waals surface area contributed by atoms with E-state index in [0.29, 0.717) is 0 Å². The summed E-state index contributed by atoms with van der Waals surface area (Å²) in [4.78, 5) is 23.5. The zero-order chi connectivity index (χ0) is 14.5. The van der Waals surface area contributed by atoms with Gasteiger partial charge in [0.25, 0.3) is 5.56 Å². The van der Waals surface area contributed by atoms with E-state index < -0.39 is 11.5 Å². The van der Waals surface area contributed by atoms with E-state index in [1.54, 1.807) is 19.2 Å². The van der Waals surface area contributed by atoms with Crippen LogP contribution in [0.1, 0.15) is 15.9 Å². The van der Waals surface area contributed by atoms with Gasteiger partial charge in [0.1, 0.15) is 11.3 Å². The van der Waals surface area contributed by atoms with Gasteiger partial charge in [-0.3, -0.25) is 4.79 Å². The molecule has 0 N–H and O–H groups in total. The van der Waals surface area contributed by atoms with Crippen molar-refractivity contribution in [3.63, 3.8) is 0 Å². The maximum atomic E-state index is 12.1. The summed E-state index contributed by atoms with van der Waals surface area (Å²) in [6.07, 6.45) is 1.40. The summed E-state index contributed by atoms with van der Waals surface area (Å²) in [5.41, 5.74) is 0.369. The molecule has 1 aromatic carbocycles. The first-order valence-corrected chi connectivity index (χ1v) is 5.93. The maximum Gasteiger partial charge on any atom is 0.343 e. The fourth-order valence-electron chi connectivity index (χ4n) is 1.73. The molecule has 6 nitrogen and oxygen atoms in total. The summed E-state index contributed by atoms with van der Waals surface area (Å²) in [7, 11) is 2.82. The molecule has 2 rings (SSSR count). The van der Waals surface area contributed by atoms with E-state index in [0.717, 1.165) is 11.3 Å². The second kappa shape index (κ2) is 6.01. The van der Waals surface area contributed by atoms with Crippen LogP contribution >= 0.6 is 0 Å². The predicted molar refractivity (Wildman–Crippen MR) is 71.9 cm³/mol. The average molecular weight is 274 g/mol. The van der Waals surface area contributed by atoms with Gasteiger partial charge in [-0.05, 0) is 23.8 Å². The topological polar surface area (TPSA) is 70.4 Å². The number of methoxy groups -OCH3 is 2. The maximum absolute atomic E-state index is 12.1. The minimum atomic E-state index is -0.666. The fraction of sp³-hybridized carbons (Fsp3) is 0.214. The Labute approximate surface area is 115 Å². The van der Waals surface area contributed by atoms with E-state index in [1.807, 2.05) is 12.1 Å². The Morgan fingerprint density at radius 2 is 1.90 bits per heavy atom. The first-order valence-electron chi connectivity index (χ1n) is 5.93. The van der Waals surface area contributed by atoms with Crippen LogP contribution in [-0.4, -0.2) is 30.0 Å². The number of benzene rings is 1. The first-order chi connectivity index (χ1) is 9.65. The van der Waals surface area contributed by atoms with Gasteiger partial charge in [0, 0.05) is 6.20 Å². The molecule has 104 valence electrons. The van der Waals surface area contributed by atoms with Gasteiger partial charge in [0.15, 0.2) is 0 Å². The number of carbonyl (C=O) groups is 1. The Bertz CT molecular complexity index is 662. The van der Waals surface area contributed by atoms with Gasteiger partial charge in [0.2, 0.25) is 0 Å². The van der Waals surface area contributed by atoms with Crippen molar-refractivity contribution >= 4 is 5.97 Å². The predicted octanol–water partition coefficient (Wildman–Crippen LogP) is 1.09. The first kappa shape index (κ1) is 13.8. The highest BCUT2D eigenvalue weighted by Gasteiger charge is 2.13. The van der Waals surface area contributed by atoms with E-state index in [4.69, 9.17) is 4.74 Å². The molecule has 0 aliphatic rings. The number of rotatable bonds is 4. The Morgan fingerprint density at radius 1 is 1.20 bits per heavy atom. The van der Waals surface area contributed by atoms with Crippen LogP contribution in [0.25, 0.3) is 0 Å². The van der Waals surface area contributed by atoms with Crippen LogP contribution < -0.4 is 10.3 Å². The van der Waals surface area contributed by atoms with Crippen molar-refractivity contribution in [2.45, 2.75) is 6.54 Å². The number of carbonyl (C=O) groups excluding carboxylic acids is 1. The third kappa shape index (κ3) is 2.85. The Kier molecular flexibility index (Phi) is 4.14. The molecular weight excluding hydrogens is 260 g/mol. The third-order valence-electron chi connectivity index (χ3n) is 2.81. The van der Waals surface area contributed by atoms with E-state index in [-0.39, 0.29) is 12.1 Å². The van der Waals surface area contributed by atoms with Gasteiger partial charge < -0.3 is 9.47 Å². The second-order valence-corrected chi connectivity index (χ2v) is 4.05. The minimum absolute atomic E-state index is 0.0315. The summed E-state index contributed by atoms with van der Waals surface area (Å²) in [5.74, 6) is 0.0678. The molecule has 0 fully saturated rings. The number of aromatic nitrogens is 2. The molecule has 0 unspecified atom stereocenters. The van der Waals surface area contributed by atoms with Crippen LogP contribution in [0.4, 0.5) is 0 Å². The molecule has 0 aliphatic heterocycles. The lowest BCUT2D eigenvalue weighted by molar-refractivity contribution is 0.0597. The summed E-state index contributed by atoms with van der Waals surface area (Å²) in [6, 6.07) is 8.60. The highest BCUT2D eigenvalue weighted by Crippen LogP contribution is 2.11. The highest BCUT2D eigenvalue weighted by molar-refractivity contribution is 5.88. The zero-order valence-electron chi connectivity index (χ0n) is 11.2. The smallest absolute Gasteiger partial charge is 0.343 e. The lowest BCUT2D eigenvalue weighted by atomic mass is 10.2. The molecule has 20 heavy (non-hydrogen) atoms. The highest BCUT2D eigenvalue weighted by atomic mass is 16.5. The van der Waals surface area contributed by atoms with E-state index >= 15 is 0 Å². The quantitative estimate of drug-likeness (QED) is 0.780. The average Bonchev–Trinajstić information content (AvgIpc) is 2.49. The van der Waals surface area contributed by atoms with Crippen LogP contribution in [0.2, 0.25) is 0 Å². The van der Waals surface area contributed by atoms with Crippen molar-refractivity contribution in [1.29, 1.82) is 0 Å². The standard InChI is InChI=1S/C14H14N2O4/c1-19-11-5-3-10(4-6-11)9-16-13(17)12(7-8-15-16)14(18)20-2/h3-8H,9H2,1-2H3. The number of hydrogen-bond acceptors (Lipinski definition) is 5. The molecule has 0 atom stereocenters. The Balaban J connectivity index is 2.29. The number of hydrogen-bond donors (Lipinski definition) is 0. The normalized spacial score (nSPS) is 10.1. The Hall–Kier alpha value is -2.63. The van der Waals surface area contributed by atoms with Crippen LogP contribution in [0.5, 0.6) is 5.75 Å². The number of ether oxygens (including phenoxy) is 2. The monoisotopic (exact) mass is 274 g/mol. The van der Waals surface area contributed by atoms with Crippen LogP contribution in [0.15, 0.2) is 41.3 Å². The van der Waals surface area contributed by atoms with Gasteiger partial charge in [-0.2, -0.15) is 5.10 Å². The van der Waals surface area contributed by atoms with E-state index in [1.165, 1.54) is 24.1 Å². The molecule has 0 spiro atoms. The van der Waals surface area contributed by atoms with E-state index in [9.17, 15) is 9.59 Å². The summed E-state index contributed by atoms with van der Waals surface area (Å²) >= 11 is 0. The van der Waals surface area contributed by atoms with Gasteiger partial charge in [-0.15, -0.1) is 0 Å². The summed E-state index contributed by atoms with van der Waals surface area (Å²) in [6.45, 7) is 0.271. The SMILES string of the molecule is COC(=O)c1ccnn(Cc2ccc(OC)cc2)c1=O. The van der Waals surface area contributed by atoms with Crippen LogP contribution in [-0.2, 0) is 11.3 Å². The van der Waals surface area contributed by atoms with Crippen molar-refractivity contribution in [3.05, 3.63) is 58.0 Å². The van der Waals surface area contributed by atoms with Gasteiger partial charge >= 0.3 is 5.97 Å². The van der Waals surface area contributed by atoms with Crippen molar-refractivity contribution in [2.75, 3.05) is 14.2 Å². The molecule has 6 heteroatoms. The molecule has 0 bridgehead atoms. The largest absolute Gasteiger partial charge is 0.497 e.